The first kappa shape index (κ1) is 19.8. The number of alkyl halides is 3. The maximum absolute atomic E-state index is 11.8. The number of hydrogen-bond acceptors (Lipinski definition) is 3. The minimum atomic E-state index is -3.82. The average molecular weight is 435 g/mol. The molecule has 0 fully saturated rings. The van der Waals surface area contributed by atoms with Crippen molar-refractivity contribution >= 4 is 79.7 Å². The Balaban J connectivity index is 2.63. The van der Waals surface area contributed by atoms with Crippen molar-refractivity contribution in [2.75, 3.05) is 5.75 Å². The van der Waals surface area contributed by atoms with Crippen LogP contribution < -0.4 is 4.18 Å². The van der Waals surface area contributed by atoms with Crippen LogP contribution in [0.3, 0.4) is 0 Å². The zero-order valence-electron chi connectivity index (χ0n) is 10.4. The van der Waals surface area contributed by atoms with E-state index in [2.05, 4.69) is 0 Å². The molecule has 21 heavy (non-hydrogen) atoms. The molecule has 1 aromatic carbocycles. The first-order valence-electron chi connectivity index (χ1n) is 5.63. The van der Waals surface area contributed by atoms with Crippen LogP contribution in [-0.2, 0) is 10.1 Å². The molecule has 0 aliphatic heterocycles. The van der Waals surface area contributed by atoms with Crippen molar-refractivity contribution in [2.45, 2.75) is 23.1 Å². The summed E-state index contributed by atoms with van der Waals surface area (Å²) in [5.41, 5.74) is 0. The molecule has 0 saturated heterocycles. The minimum absolute atomic E-state index is 0.0502. The van der Waals surface area contributed by atoms with Crippen molar-refractivity contribution in [3.05, 3.63) is 27.2 Å². The van der Waals surface area contributed by atoms with Gasteiger partial charge in [-0.3, -0.25) is 0 Å². The quantitative estimate of drug-likeness (QED) is 0.242. The first-order chi connectivity index (χ1) is 9.50. The zero-order chi connectivity index (χ0) is 16.3. The summed E-state index contributed by atoms with van der Waals surface area (Å²) in [4.78, 5) is 0. The summed E-state index contributed by atoms with van der Waals surface area (Å²) in [6.45, 7) is 0. The van der Waals surface area contributed by atoms with Gasteiger partial charge >= 0.3 is 10.1 Å². The van der Waals surface area contributed by atoms with Gasteiger partial charge in [-0.05, 0) is 25.3 Å². The number of halogens is 6. The summed E-state index contributed by atoms with van der Waals surface area (Å²) in [5.74, 6) is -0.308. The van der Waals surface area contributed by atoms with E-state index in [1.165, 1.54) is 12.1 Å². The Bertz CT molecular complexity index is 597. The van der Waals surface area contributed by atoms with Gasteiger partial charge in [0.25, 0.3) is 0 Å². The van der Waals surface area contributed by atoms with Crippen molar-refractivity contribution in [1.82, 2.24) is 0 Å². The molecule has 1 aromatic rings. The van der Waals surface area contributed by atoms with Crippen molar-refractivity contribution in [3.63, 3.8) is 0 Å². The Morgan fingerprint density at radius 1 is 0.952 bits per heavy atom. The summed E-state index contributed by atoms with van der Waals surface area (Å²) in [6.07, 6.45) is 0.962. The largest absolute Gasteiger partial charge is 0.381 e. The molecule has 0 heterocycles. The third kappa shape index (κ3) is 7.69. The van der Waals surface area contributed by atoms with E-state index < -0.39 is 13.9 Å². The average Bonchev–Trinajstić information content (AvgIpc) is 2.30. The van der Waals surface area contributed by atoms with Crippen LogP contribution in [0.2, 0.25) is 15.1 Å². The van der Waals surface area contributed by atoms with E-state index in [1.54, 1.807) is 0 Å². The fourth-order valence-corrected chi connectivity index (χ4v) is 3.43. The molecule has 0 aromatic heterocycles. The van der Waals surface area contributed by atoms with Gasteiger partial charge in [0.2, 0.25) is 0 Å². The highest BCUT2D eigenvalue weighted by Crippen LogP contribution is 2.35. The molecule has 10 heteroatoms. The van der Waals surface area contributed by atoms with Crippen LogP contribution in [0, 0.1) is 0 Å². The van der Waals surface area contributed by atoms with Crippen molar-refractivity contribution < 1.29 is 12.6 Å². The van der Waals surface area contributed by atoms with Gasteiger partial charge < -0.3 is 4.18 Å². The highest BCUT2D eigenvalue weighted by Gasteiger charge is 2.20. The molecule has 0 saturated carbocycles. The number of benzene rings is 1. The van der Waals surface area contributed by atoms with Gasteiger partial charge in [0.1, 0.15) is 0 Å². The van der Waals surface area contributed by atoms with Gasteiger partial charge in [0.15, 0.2) is 9.54 Å². The second kappa shape index (κ2) is 8.00. The monoisotopic (exact) mass is 432 g/mol. The van der Waals surface area contributed by atoms with Crippen molar-refractivity contribution in [1.29, 1.82) is 0 Å². The van der Waals surface area contributed by atoms with E-state index >= 15 is 0 Å². The Labute approximate surface area is 153 Å². The SMILES string of the molecule is O=S(=O)(CCCCC(Cl)(Cl)Cl)Oc1cc(Cl)c(Cl)cc1Cl. The standard InChI is InChI=1S/C11H10Cl6O3S/c12-7-5-9(14)10(6-8(7)13)20-21(18,19)4-2-1-3-11(15,16)17/h5-6H,1-4H2. The molecule has 0 spiro atoms. The van der Waals surface area contributed by atoms with Gasteiger partial charge in [-0.25, -0.2) is 0 Å². The lowest BCUT2D eigenvalue weighted by molar-refractivity contribution is 0.482. The van der Waals surface area contributed by atoms with E-state index in [9.17, 15) is 8.42 Å². The maximum Gasteiger partial charge on any atom is 0.309 e. The summed E-state index contributed by atoms with van der Waals surface area (Å²) < 4.78 is 27.1. The second-order valence-corrected chi connectivity index (χ2v) is 9.54. The van der Waals surface area contributed by atoms with Gasteiger partial charge in [-0.1, -0.05) is 69.6 Å². The predicted molar refractivity (Wildman–Crippen MR) is 90.0 cm³/mol. The molecule has 1 rings (SSSR count). The Kier molecular flexibility index (Phi) is 7.53. The van der Waals surface area contributed by atoms with E-state index in [1.807, 2.05) is 0 Å². The summed E-state index contributed by atoms with van der Waals surface area (Å²) in [6, 6.07) is 2.55. The third-order valence-electron chi connectivity index (χ3n) is 2.30. The van der Waals surface area contributed by atoms with Crippen molar-refractivity contribution in [3.8, 4) is 5.75 Å². The smallest absolute Gasteiger partial charge is 0.309 e. The summed E-state index contributed by atoms with van der Waals surface area (Å²) in [5, 5.41) is 0.394. The van der Waals surface area contributed by atoms with E-state index in [0.29, 0.717) is 6.42 Å². The molecule has 0 aliphatic carbocycles. The molecule has 0 unspecified atom stereocenters. The highest BCUT2D eigenvalue weighted by molar-refractivity contribution is 7.87. The second-order valence-electron chi connectivity index (χ2n) is 4.11. The van der Waals surface area contributed by atoms with Gasteiger partial charge in [0.05, 0.1) is 20.8 Å². The van der Waals surface area contributed by atoms with Gasteiger partial charge in [-0.2, -0.15) is 8.42 Å². The van der Waals surface area contributed by atoms with Crippen molar-refractivity contribution in [2.24, 2.45) is 0 Å². The lowest BCUT2D eigenvalue weighted by atomic mass is 10.3. The lowest BCUT2D eigenvalue weighted by Crippen LogP contribution is -2.14. The van der Waals surface area contributed by atoms with Crippen LogP contribution in [0.25, 0.3) is 0 Å². The van der Waals surface area contributed by atoms with E-state index in [0.717, 1.165) is 0 Å². The molecule has 120 valence electrons. The Morgan fingerprint density at radius 2 is 1.52 bits per heavy atom. The van der Waals surface area contributed by atoms with Crippen LogP contribution in [0.4, 0.5) is 0 Å². The normalized spacial score (nSPS) is 12.5. The first-order valence-corrected chi connectivity index (χ1v) is 9.48. The molecule has 0 radical (unpaired) electrons. The van der Waals surface area contributed by atoms with Gasteiger partial charge in [-0.15, -0.1) is 0 Å². The fourth-order valence-electron chi connectivity index (χ4n) is 1.35. The van der Waals surface area contributed by atoms with Crippen LogP contribution in [0.5, 0.6) is 5.75 Å². The van der Waals surface area contributed by atoms with Crippen LogP contribution in [0.15, 0.2) is 12.1 Å². The van der Waals surface area contributed by atoms with Crippen LogP contribution in [-0.4, -0.2) is 18.0 Å². The minimum Gasteiger partial charge on any atom is -0.381 e. The summed E-state index contributed by atoms with van der Waals surface area (Å²) >= 11 is 34.1. The maximum atomic E-state index is 11.8. The molecule has 0 bridgehead atoms. The Hall–Kier alpha value is 0.710. The number of hydrogen-bond donors (Lipinski definition) is 0. The van der Waals surface area contributed by atoms with Crippen LogP contribution in [0.1, 0.15) is 19.3 Å². The highest BCUT2D eigenvalue weighted by atomic mass is 35.6. The molecule has 0 atom stereocenters. The number of rotatable bonds is 6. The van der Waals surface area contributed by atoms with E-state index in [4.69, 9.17) is 73.8 Å². The predicted octanol–water partition coefficient (Wildman–Crippen LogP) is 5.90. The molecule has 0 aliphatic rings. The molecular formula is C11H10Cl6O3S. The topological polar surface area (TPSA) is 43.4 Å². The third-order valence-corrected chi connectivity index (χ3v) is 5.10. The molecule has 0 N–H and O–H groups in total. The lowest BCUT2D eigenvalue weighted by Gasteiger charge is -2.11. The Morgan fingerprint density at radius 3 is 2.10 bits per heavy atom. The number of unbranched alkanes of at least 4 members (excludes halogenated alkanes) is 1. The molecular weight excluding hydrogens is 425 g/mol. The molecule has 3 nitrogen and oxygen atoms in total. The molecule has 0 amide bonds. The van der Waals surface area contributed by atoms with Crippen LogP contribution >= 0.6 is 69.6 Å². The fraction of sp³-hybridized carbons (Fsp3) is 0.455. The van der Waals surface area contributed by atoms with Gasteiger partial charge in [0, 0.05) is 6.07 Å². The zero-order valence-corrected chi connectivity index (χ0v) is 15.7. The summed E-state index contributed by atoms with van der Waals surface area (Å²) in [7, 11) is -3.82. The van der Waals surface area contributed by atoms with E-state index in [-0.39, 0.29) is 39.4 Å².